The van der Waals surface area contributed by atoms with Crippen LogP contribution in [0.2, 0.25) is 0 Å². The molecule has 0 fully saturated rings. The summed E-state index contributed by atoms with van der Waals surface area (Å²) in [6.07, 6.45) is 3.72. The first-order valence-corrected chi connectivity index (χ1v) is 7.76. The van der Waals surface area contributed by atoms with Crippen LogP contribution in [0.5, 0.6) is 0 Å². The molecule has 2 aromatic heterocycles. The highest BCUT2D eigenvalue weighted by Crippen LogP contribution is 2.27. The summed E-state index contributed by atoms with van der Waals surface area (Å²) in [5.41, 5.74) is 0.784. The van der Waals surface area contributed by atoms with E-state index in [4.69, 9.17) is 4.42 Å². The number of benzene rings is 1. The topological polar surface area (TPSA) is 59.2 Å². The molecule has 25 heavy (non-hydrogen) atoms. The van der Waals surface area contributed by atoms with E-state index in [9.17, 15) is 13.6 Å². The van der Waals surface area contributed by atoms with Crippen molar-refractivity contribution in [3.8, 4) is 11.5 Å². The molecule has 0 radical (unpaired) electrons. The Kier molecular flexibility index (Phi) is 3.76. The lowest BCUT2D eigenvalue weighted by Gasteiger charge is -2.25. The molecule has 7 heteroatoms. The minimum Gasteiger partial charge on any atom is -0.441 e. The van der Waals surface area contributed by atoms with E-state index in [1.54, 1.807) is 18.5 Å². The Labute approximate surface area is 141 Å². The van der Waals surface area contributed by atoms with E-state index in [-0.39, 0.29) is 6.54 Å². The molecule has 0 unspecified atom stereocenters. The van der Waals surface area contributed by atoms with Gasteiger partial charge in [-0.15, -0.1) is 0 Å². The van der Waals surface area contributed by atoms with Crippen molar-refractivity contribution in [2.24, 2.45) is 0 Å². The lowest BCUT2D eigenvalue weighted by Crippen LogP contribution is -2.36. The number of oxazole rings is 1. The van der Waals surface area contributed by atoms with Gasteiger partial charge in [-0.2, -0.15) is 0 Å². The molecule has 1 aliphatic rings. The van der Waals surface area contributed by atoms with Gasteiger partial charge >= 0.3 is 0 Å². The highest BCUT2D eigenvalue weighted by Gasteiger charge is 2.29. The van der Waals surface area contributed by atoms with Crippen molar-refractivity contribution in [3.63, 3.8) is 0 Å². The Morgan fingerprint density at radius 2 is 1.96 bits per heavy atom. The number of rotatable bonds is 2. The van der Waals surface area contributed by atoms with Crippen LogP contribution in [0.3, 0.4) is 0 Å². The highest BCUT2D eigenvalue weighted by atomic mass is 19.1. The predicted octanol–water partition coefficient (Wildman–Crippen LogP) is 3.21. The summed E-state index contributed by atoms with van der Waals surface area (Å²) >= 11 is 0. The molecule has 126 valence electrons. The molecule has 0 saturated heterocycles. The molecule has 0 bridgehead atoms. The summed E-state index contributed by atoms with van der Waals surface area (Å²) in [4.78, 5) is 22.3. The van der Waals surface area contributed by atoms with E-state index >= 15 is 0 Å². The molecule has 0 saturated carbocycles. The highest BCUT2D eigenvalue weighted by molar-refractivity contribution is 5.94. The van der Waals surface area contributed by atoms with Gasteiger partial charge in [0, 0.05) is 25.4 Å². The number of hydrogen-bond donors (Lipinski definition) is 0. The number of hydrogen-bond acceptors (Lipinski definition) is 4. The molecule has 3 heterocycles. The van der Waals surface area contributed by atoms with Crippen molar-refractivity contribution < 1.29 is 18.0 Å². The summed E-state index contributed by atoms with van der Waals surface area (Å²) in [5, 5.41) is 0. The fourth-order valence-corrected chi connectivity index (χ4v) is 2.84. The monoisotopic (exact) mass is 341 g/mol. The number of pyridine rings is 1. The summed E-state index contributed by atoms with van der Waals surface area (Å²) in [6.45, 7) is 0.451. The molecule has 3 aromatic rings. The standard InChI is InChI=1S/C18H13F2N3O2/c19-12-4-1-5-13(20)16(12)18(24)23-8-6-15-14(10-23)22-17(25-15)11-3-2-7-21-9-11/h1-5,7,9H,6,8,10H2. The van der Waals surface area contributed by atoms with Crippen molar-refractivity contribution in [2.45, 2.75) is 13.0 Å². The second kappa shape index (κ2) is 6.08. The van der Waals surface area contributed by atoms with Crippen LogP contribution in [0.4, 0.5) is 8.78 Å². The van der Waals surface area contributed by atoms with Gasteiger partial charge in [0.1, 0.15) is 28.7 Å². The number of nitrogens with zero attached hydrogens (tertiary/aromatic N) is 3. The van der Waals surface area contributed by atoms with Crippen LogP contribution in [0.25, 0.3) is 11.5 Å². The fourth-order valence-electron chi connectivity index (χ4n) is 2.84. The zero-order valence-corrected chi connectivity index (χ0v) is 13.1. The van der Waals surface area contributed by atoms with E-state index in [1.165, 1.54) is 11.0 Å². The summed E-state index contributed by atoms with van der Waals surface area (Å²) in [7, 11) is 0. The van der Waals surface area contributed by atoms with Gasteiger partial charge in [-0.25, -0.2) is 13.8 Å². The van der Waals surface area contributed by atoms with Crippen LogP contribution in [0.15, 0.2) is 47.1 Å². The second-order valence-corrected chi connectivity index (χ2v) is 5.70. The van der Waals surface area contributed by atoms with Crippen molar-refractivity contribution in [1.29, 1.82) is 0 Å². The van der Waals surface area contributed by atoms with Crippen LogP contribution < -0.4 is 0 Å². The van der Waals surface area contributed by atoms with E-state index in [1.807, 2.05) is 6.07 Å². The Balaban J connectivity index is 1.61. The predicted molar refractivity (Wildman–Crippen MR) is 84.5 cm³/mol. The second-order valence-electron chi connectivity index (χ2n) is 5.70. The first-order valence-electron chi connectivity index (χ1n) is 7.76. The Hall–Kier alpha value is -3.09. The number of aromatic nitrogens is 2. The van der Waals surface area contributed by atoms with Crippen LogP contribution >= 0.6 is 0 Å². The van der Waals surface area contributed by atoms with Gasteiger partial charge in [-0.1, -0.05) is 6.07 Å². The molecule has 0 spiro atoms. The van der Waals surface area contributed by atoms with E-state index in [2.05, 4.69) is 9.97 Å². The number of carbonyl (C=O) groups is 1. The maximum absolute atomic E-state index is 13.8. The molecule has 1 amide bonds. The van der Waals surface area contributed by atoms with Crippen LogP contribution in [-0.2, 0) is 13.0 Å². The number of carbonyl (C=O) groups excluding carboxylic acids is 1. The minimum atomic E-state index is -0.869. The maximum Gasteiger partial charge on any atom is 0.260 e. The third kappa shape index (κ3) is 2.77. The summed E-state index contributed by atoms with van der Waals surface area (Å²) in [6, 6.07) is 6.97. The van der Waals surface area contributed by atoms with Gasteiger partial charge in [-0.05, 0) is 24.3 Å². The molecule has 0 aliphatic carbocycles. The van der Waals surface area contributed by atoms with Crippen molar-refractivity contribution in [2.75, 3.05) is 6.54 Å². The normalized spacial score (nSPS) is 13.6. The quantitative estimate of drug-likeness (QED) is 0.718. The van der Waals surface area contributed by atoms with Crippen molar-refractivity contribution >= 4 is 5.91 Å². The third-order valence-corrected chi connectivity index (χ3v) is 4.10. The van der Waals surface area contributed by atoms with Crippen LogP contribution in [0, 0.1) is 11.6 Å². The van der Waals surface area contributed by atoms with Crippen LogP contribution in [-0.4, -0.2) is 27.3 Å². The average Bonchev–Trinajstić information content (AvgIpc) is 3.05. The van der Waals surface area contributed by atoms with Gasteiger partial charge in [0.25, 0.3) is 5.91 Å². The van der Waals surface area contributed by atoms with Gasteiger partial charge in [0.2, 0.25) is 5.89 Å². The van der Waals surface area contributed by atoms with E-state index in [0.717, 1.165) is 17.7 Å². The zero-order chi connectivity index (χ0) is 17.4. The SMILES string of the molecule is O=C(c1c(F)cccc1F)N1CCc2oc(-c3cccnc3)nc2C1. The lowest BCUT2D eigenvalue weighted by molar-refractivity contribution is 0.0718. The first-order chi connectivity index (χ1) is 12.1. The fraction of sp³-hybridized carbons (Fsp3) is 0.167. The molecule has 1 aromatic carbocycles. The smallest absolute Gasteiger partial charge is 0.260 e. The van der Waals surface area contributed by atoms with Crippen LogP contribution in [0.1, 0.15) is 21.8 Å². The summed E-state index contributed by atoms with van der Waals surface area (Å²) in [5.74, 6) is -1.33. The maximum atomic E-state index is 13.8. The van der Waals surface area contributed by atoms with Gasteiger partial charge in [0.05, 0.1) is 12.1 Å². The molecule has 0 atom stereocenters. The van der Waals surface area contributed by atoms with E-state index in [0.29, 0.717) is 30.3 Å². The van der Waals surface area contributed by atoms with Gasteiger partial charge in [-0.3, -0.25) is 9.78 Å². The van der Waals surface area contributed by atoms with Crippen molar-refractivity contribution in [3.05, 3.63) is 71.4 Å². The largest absolute Gasteiger partial charge is 0.441 e. The van der Waals surface area contributed by atoms with Gasteiger partial charge < -0.3 is 9.32 Å². The molecule has 5 nitrogen and oxygen atoms in total. The molecular weight excluding hydrogens is 328 g/mol. The average molecular weight is 341 g/mol. The Morgan fingerprint density at radius 3 is 2.68 bits per heavy atom. The first kappa shape index (κ1) is 15.4. The number of halogens is 2. The number of amides is 1. The van der Waals surface area contributed by atoms with Crippen molar-refractivity contribution in [1.82, 2.24) is 14.9 Å². The zero-order valence-electron chi connectivity index (χ0n) is 13.1. The molecule has 0 N–H and O–H groups in total. The molecule has 4 rings (SSSR count). The van der Waals surface area contributed by atoms with E-state index < -0.39 is 23.1 Å². The molecular formula is C18H13F2N3O2. The Morgan fingerprint density at radius 1 is 1.16 bits per heavy atom. The minimum absolute atomic E-state index is 0.145. The number of fused-ring (bicyclic) bond motifs is 1. The molecule has 1 aliphatic heterocycles. The van der Waals surface area contributed by atoms with Gasteiger partial charge in [0.15, 0.2) is 0 Å². The lowest BCUT2D eigenvalue weighted by atomic mass is 10.1. The Bertz CT molecular complexity index is 920. The summed E-state index contributed by atoms with van der Waals surface area (Å²) < 4.78 is 33.4. The third-order valence-electron chi connectivity index (χ3n) is 4.10.